The van der Waals surface area contributed by atoms with Crippen LogP contribution in [0.15, 0.2) is 41.4 Å². The van der Waals surface area contributed by atoms with E-state index in [0.29, 0.717) is 11.7 Å². The predicted molar refractivity (Wildman–Crippen MR) is 86.4 cm³/mol. The highest BCUT2D eigenvalue weighted by Gasteiger charge is 2.18. The zero-order chi connectivity index (χ0) is 15.4. The number of piperazine rings is 1. The topological polar surface area (TPSA) is 45.4 Å². The lowest BCUT2D eigenvalue weighted by molar-refractivity contribution is 0.125. The maximum absolute atomic E-state index is 5.39. The Hall–Kier alpha value is -1.98. The van der Waals surface area contributed by atoms with Crippen LogP contribution in [0.5, 0.6) is 0 Å². The number of benzene rings is 1. The zero-order valence-electron chi connectivity index (χ0n) is 13.0. The Morgan fingerprint density at radius 3 is 2.50 bits per heavy atom. The summed E-state index contributed by atoms with van der Waals surface area (Å²) in [5, 5.41) is 4.09. The number of aromatic nitrogens is 2. The van der Waals surface area contributed by atoms with Crippen LogP contribution in [0, 0.1) is 6.92 Å². The highest BCUT2D eigenvalue weighted by Crippen LogP contribution is 2.17. The molecule has 0 spiro atoms. The number of hydrogen-bond acceptors (Lipinski definition) is 5. The molecular formula is C17H22N4O. The van der Waals surface area contributed by atoms with Crippen LogP contribution in [0.2, 0.25) is 0 Å². The molecule has 0 radical (unpaired) electrons. The second kappa shape index (κ2) is 6.85. The van der Waals surface area contributed by atoms with E-state index in [2.05, 4.69) is 45.6 Å². The number of aryl methyl sites for hydroxylation is 1. The fraction of sp³-hybridized carbons (Fsp3) is 0.412. The van der Waals surface area contributed by atoms with Crippen molar-refractivity contribution in [3.8, 4) is 11.4 Å². The van der Waals surface area contributed by atoms with E-state index in [4.69, 9.17) is 4.52 Å². The monoisotopic (exact) mass is 298 g/mol. The summed E-state index contributed by atoms with van der Waals surface area (Å²) in [7, 11) is 0. The van der Waals surface area contributed by atoms with Crippen LogP contribution in [0.1, 0.15) is 11.5 Å². The summed E-state index contributed by atoms with van der Waals surface area (Å²) in [5.74, 6) is 1.35. The van der Waals surface area contributed by atoms with Crippen molar-refractivity contribution in [2.45, 2.75) is 13.5 Å². The third-order valence-corrected chi connectivity index (χ3v) is 3.99. The second-order valence-corrected chi connectivity index (χ2v) is 5.74. The largest absolute Gasteiger partial charge is 0.338 e. The Morgan fingerprint density at radius 1 is 1.14 bits per heavy atom. The van der Waals surface area contributed by atoms with Gasteiger partial charge in [-0.05, 0) is 6.92 Å². The van der Waals surface area contributed by atoms with Gasteiger partial charge in [0, 0.05) is 38.3 Å². The van der Waals surface area contributed by atoms with Gasteiger partial charge in [0.25, 0.3) is 0 Å². The predicted octanol–water partition coefficient (Wildman–Crippen LogP) is 2.35. The average molecular weight is 298 g/mol. The Kier molecular flexibility index (Phi) is 4.65. The molecule has 1 aliphatic heterocycles. The molecule has 116 valence electrons. The van der Waals surface area contributed by atoms with Crippen LogP contribution in [0.25, 0.3) is 11.4 Å². The van der Waals surface area contributed by atoms with E-state index in [1.54, 1.807) is 0 Å². The van der Waals surface area contributed by atoms with Crippen molar-refractivity contribution in [2.75, 3.05) is 32.7 Å². The summed E-state index contributed by atoms with van der Waals surface area (Å²) < 4.78 is 5.39. The molecule has 22 heavy (non-hydrogen) atoms. The van der Waals surface area contributed by atoms with E-state index in [9.17, 15) is 0 Å². The average Bonchev–Trinajstić information content (AvgIpc) is 2.99. The third kappa shape index (κ3) is 3.61. The highest BCUT2D eigenvalue weighted by atomic mass is 16.5. The number of rotatable bonds is 5. The number of hydrogen-bond donors (Lipinski definition) is 0. The van der Waals surface area contributed by atoms with E-state index in [-0.39, 0.29) is 0 Å². The van der Waals surface area contributed by atoms with Crippen LogP contribution in [0.4, 0.5) is 0 Å². The Balaban J connectivity index is 1.58. The van der Waals surface area contributed by atoms with Crippen molar-refractivity contribution in [1.82, 2.24) is 19.9 Å². The maximum Gasteiger partial charge on any atom is 0.241 e. The van der Waals surface area contributed by atoms with Gasteiger partial charge in [0.05, 0.1) is 6.54 Å². The Labute approximate surface area is 131 Å². The van der Waals surface area contributed by atoms with Crippen LogP contribution >= 0.6 is 0 Å². The first-order valence-corrected chi connectivity index (χ1v) is 7.70. The first kappa shape index (κ1) is 14.9. The minimum Gasteiger partial charge on any atom is -0.338 e. The molecule has 1 fully saturated rings. The lowest BCUT2D eigenvalue weighted by Gasteiger charge is -2.33. The van der Waals surface area contributed by atoms with Crippen molar-refractivity contribution in [3.05, 3.63) is 48.4 Å². The quantitative estimate of drug-likeness (QED) is 0.793. The van der Waals surface area contributed by atoms with Gasteiger partial charge in [0.1, 0.15) is 0 Å². The first-order valence-electron chi connectivity index (χ1n) is 7.70. The minimum absolute atomic E-state index is 0.667. The van der Waals surface area contributed by atoms with Gasteiger partial charge in [-0.2, -0.15) is 4.98 Å². The third-order valence-electron chi connectivity index (χ3n) is 3.99. The smallest absolute Gasteiger partial charge is 0.241 e. The van der Waals surface area contributed by atoms with E-state index in [0.717, 1.165) is 44.8 Å². The molecule has 2 heterocycles. The van der Waals surface area contributed by atoms with E-state index >= 15 is 0 Å². The van der Waals surface area contributed by atoms with Gasteiger partial charge in [-0.1, -0.05) is 41.1 Å². The molecule has 0 N–H and O–H groups in total. The molecule has 0 amide bonds. The Bertz CT molecular complexity index is 612. The van der Waals surface area contributed by atoms with Crippen LogP contribution in [0.3, 0.4) is 0 Å². The van der Waals surface area contributed by atoms with Crippen molar-refractivity contribution >= 4 is 0 Å². The molecule has 5 heteroatoms. The lowest BCUT2D eigenvalue weighted by atomic mass is 10.1. The number of nitrogens with zero attached hydrogens (tertiary/aromatic N) is 4. The highest BCUT2D eigenvalue weighted by molar-refractivity contribution is 5.54. The standard InChI is InChI=1S/C17H22N4O/c1-3-8-20-9-11-21(12-10-20)13-16-18-17(19-22-16)15-6-4-14(2)5-7-15/h3-7H,1,8-13H2,2H3. The lowest BCUT2D eigenvalue weighted by Crippen LogP contribution is -2.45. The van der Waals surface area contributed by atoms with Crippen molar-refractivity contribution < 1.29 is 4.52 Å². The van der Waals surface area contributed by atoms with Crippen molar-refractivity contribution in [2.24, 2.45) is 0 Å². The molecule has 2 aromatic rings. The van der Waals surface area contributed by atoms with Gasteiger partial charge in [0.2, 0.25) is 11.7 Å². The molecule has 3 rings (SSSR count). The van der Waals surface area contributed by atoms with Gasteiger partial charge < -0.3 is 4.52 Å². The fourth-order valence-corrected chi connectivity index (χ4v) is 2.64. The summed E-state index contributed by atoms with van der Waals surface area (Å²) in [6.07, 6.45) is 1.96. The Morgan fingerprint density at radius 2 is 1.82 bits per heavy atom. The summed E-state index contributed by atoms with van der Waals surface area (Å²) in [6, 6.07) is 8.17. The van der Waals surface area contributed by atoms with Crippen LogP contribution in [-0.2, 0) is 6.54 Å². The summed E-state index contributed by atoms with van der Waals surface area (Å²) in [5.41, 5.74) is 2.22. The molecule has 0 unspecified atom stereocenters. The van der Waals surface area contributed by atoms with Gasteiger partial charge in [0.15, 0.2) is 0 Å². The molecule has 0 bridgehead atoms. The molecule has 1 aliphatic rings. The van der Waals surface area contributed by atoms with E-state index < -0.39 is 0 Å². The first-order chi connectivity index (χ1) is 10.7. The molecule has 0 aliphatic carbocycles. The molecule has 1 aromatic heterocycles. The fourth-order valence-electron chi connectivity index (χ4n) is 2.64. The summed E-state index contributed by atoms with van der Waals surface area (Å²) in [6.45, 7) is 11.7. The van der Waals surface area contributed by atoms with Gasteiger partial charge in [-0.15, -0.1) is 6.58 Å². The van der Waals surface area contributed by atoms with Gasteiger partial charge >= 0.3 is 0 Å². The second-order valence-electron chi connectivity index (χ2n) is 5.74. The van der Waals surface area contributed by atoms with Gasteiger partial charge in [-0.3, -0.25) is 9.80 Å². The molecule has 5 nitrogen and oxygen atoms in total. The van der Waals surface area contributed by atoms with Crippen molar-refractivity contribution in [3.63, 3.8) is 0 Å². The maximum atomic E-state index is 5.39. The van der Waals surface area contributed by atoms with Gasteiger partial charge in [-0.25, -0.2) is 0 Å². The summed E-state index contributed by atoms with van der Waals surface area (Å²) in [4.78, 5) is 9.26. The molecular weight excluding hydrogens is 276 g/mol. The normalized spacial score (nSPS) is 16.8. The molecule has 0 saturated carbocycles. The molecule has 0 atom stereocenters. The SMILES string of the molecule is C=CCN1CCN(Cc2nc(-c3ccc(C)cc3)no2)CC1. The van der Waals surface area contributed by atoms with E-state index in [1.807, 2.05) is 18.2 Å². The summed E-state index contributed by atoms with van der Waals surface area (Å²) >= 11 is 0. The zero-order valence-corrected chi connectivity index (χ0v) is 13.0. The van der Waals surface area contributed by atoms with Crippen LogP contribution < -0.4 is 0 Å². The molecule has 1 saturated heterocycles. The van der Waals surface area contributed by atoms with Crippen molar-refractivity contribution in [1.29, 1.82) is 0 Å². The van der Waals surface area contributed by atoms with E-state index in [1.165, 1.54) is 5.56 Å². The molecule has 1 aromatic carbocycles. The van der Waals surface area contributed by atoms with Crippen LogP contribution in [-0.4, -0.2) is 52.7 Å². The minimum atomic E-state index is 0.667.